The first-order valence-electron chi connectivity index (χ1n) is 7.49. The summed E-state index contributed by atoms with van der Waals surface area (Å²) in [6.07, 6.45) is 8.97. The van der Waals surface area contributed by atoms with Crippen LogP contribution >= 0.6 is 0 Å². The lowest BCUT2D eigenvalue weighted by molar-refractivity contribution is 0.335. The van der Waals surface area contributed by atoms with Gasteiger partial charge in [-0.3, -0.25) is 0 Å². The minimum atomic E-state index is 0.776. The van der Waals surface area contributed by atoms with Crippen molar-refractivity contribution in [1.29, 1.82) is 0 Å². The molecule has 0 saturated heterocycles. The highest BCUT2D eigenvalue weighted by Crippen LogP contribution is 2.51. The summed E-state index contributed by atoms with van der Waals surface area (Å²) in [6, 6.07) is 11.2. The van der Waals surface area contributed by atoms with Crippen LogP contribution in [0.25, 0.3) is 0 Å². The molecule has 1 aromatic carbocycles. The van der Waals surface area contributed by atoms with Crippen LogP contribution in [0.15, 0.2) is 42.5 Å². The van der Waals surface area contributed by atoms with Gasteiger partial charge in [0.05, 0.1) is 0 Å². The Hall–Kier alpha value is -1.04. The summed E-state index contributed by atoms with van der Waals surface area (Å²) in [5.41, 5.74) is 1.57. The van der Waals surface area contributed by atoms with Gasteiger partial charge < -0.3 is 0 Å². The third-order valence-electron chi connectivity index (χ3n) is 5.39. The smallest absolute Gasteiger partial charge is 0.0125 e. The molecule has 0 aromatic heterocycles. The summed E-state index contributed by atoms with van der Waals surface area (Å²) in [6.45, 7) is 4.89. The van der Waals surface area contributed by atoms with Gasteiger partial charge in [0.2, 0.25) is 0 Å². The van der Waals surface area contributed by atoms with Crippen molar-refractivity contribution in [1.82, 2.24) is 0 Å². The summed E-state index contributed by atoms with van der Waals surface area (Å²) in [5.74, 6) is 4.20. The van der Waals surface area contributed by atoms with E-state index in [4.69, 9.17) is 0 Å². The molecule has 0 N–H and O–H groups in total. The number of benzene rings is 1. The highest BCUT2D eigenvalue weighted by Gasteiger charge is 2.41. The van der Waals surface area contributed by atoms with E-state index < -0.39 is 0 Å². The SMILES string of the molecule is CC1C2C=CCCC(c3ccccc3)C2C[C@@H]1C. The molecule has 3 rings (SSSR count). The van der Waals surface area contributed by atoms with Crippen molar-refractivity contribution in [3.8, 4) is 0 Å². The molecule has 5 atom stereocenters. The molecule has 18 heavy (non-hydrogen) atoms. The zero-order valence-electron chi connectivity index (χ0n) is 11.5. The molecular weight excluding hydrogens is 216 g/mol. The molecule has 2 aliphatic carbocycles. The predicted octanol–water partition coefficient (Wildman–Crippen LogP) is 5.03. The van der Waals surface area contributed by atoms with Crippen molar-refractivity contribution in [2.24, 2.45) is 23.7 Å². The number of allylic oxidation sites excluding steroid dienone is 2. The number of rotatable bonds is 1. The lowest BCUT2D eigenvalue weighted by Crippen LogP contribution is -2.17. The van der Waals surface area contributed by atoms with E-state index in [2.05, 4.69) is 56.3 Å². The Balaban J connectivity index is 1.92. The Labute approximate surface area is 111 Å². The molecule has 0 amide bonds. The van der Waals surface area contributed by atoms with E-state index in [0.29, 0.717) is 0 Å². The second kappa shape index (κ2) is 4.91. The Morgan fingerprint density at radius 1 is 1.06 bits per heavy atom. The molecule has 0 nitrogen and oxygen atoms in total. The quantitative estimate of drug-likeness (QED) is 0.604. The lowest BCUT2D eigenvalue weighted by Gasteiger charge is -2.27. The topological polar surface area (TPSA) is 0 Å². The van der Waals surface area contributed by atoms with Gasteiger partial charge in [0, 0.05) is 0 Å². The van der Waals surface area contributed by atoms with Crippen LogP contribution in [0.3, 0.4) is 0 Å². The minimum absolute atomic E-state index is 0.776. The molecule has 0 heteroatoms. The van der Waals surface area contributed by atoms with E-state index in [-0.39, 0.29) is 0 Å². The van der Waals surface area contributed by atoms with Gasteiger partial charge in [-0.25, -0.2) is 0 Å². The molecule has 2 aliphatic rings. The third-order valence-corrected chi connectivity index (χ3v) is 5.39. The second-order valence-electron chi connectivity index (χ2n) is 6.34. The van der Waals surface area contributed by atoms with Crippen LogP contribution in [0.4, 0.5) is 0 Å². The van der Waals surface area contributed by atoms with Crippen molar-refractivity contribution in [2.75, 3.05) is 0 Å². The Kier molecular flexibility index (Phi) is 3.28. The van der Waals surface area contributed by atoms with Gasteiger partial charge in [0.15, 0.2) is 0 Å². The standard InChI is InChI=1S/C18H24/c1-13-12-18-16(14(13)2)10-6-7-11-17(18)15-8-4-3-5-9-15/h3-6,8-10,13-14,16-18H,7,11-12H2,1-2H3/t13-,14?,16?,17?,18?/m0/s1. The van der Waals surface area contributed by atoms with Crippen molar-refractivity contribution >= 4 is 0 Å². The summed E-state index contributed by atoms with van der Waals surface area (Å²) in [5, 5.41) is 0. The normalized spacial score (nSPS) is 39.3. The zero-order chi connectivity index (χ0) is 12.5. The first-order valence-corrected chi connectivity index (χ1v) is 7.49. The molecule has 0 heterocycles. The third kappa shape index (κ3) is 2.02. The highest BCUT2D eigenvalue weighted by molar-refractivity contribution is 5.23. The molecule has 0 aliphatic heterocycles. The first-order chi connectivity index (χ1) is 8.77. The van der Waals surface area contributed by atoms with Crippen molar-refractivity contribution in [3.63, 3.8) is 0 Å². The Morgan fingerprint density at radius 2 is 1.83 bits per heavy atom. The Morgan fingerprint density at radius 3 is 2.61 bits per heavy atom. The average Bonchev–Trinajstić information content (AvgIpc) is 2.58. The van der Waals surface area contributed by atoms with Gasteiger partial charge in [0.1, 0.15) is 0 Å². The van der Waals surface area contributed by atoms with Crippen LogP contribution < -0.4 is 0 Å². The van der Waals surface area contributed by atoms with Crippen LogP contribution in [-0.4, -0.2) is 0 Å². The monoisotopic (exact) mass is 240 g/mol. The maximum absolute atomic E-state index is 2.53. The fourth-order valence-electron chi connectivity index (χ4n) is 4.18. The molecule has 1 fully saturated rings. The number of hydrogen-bond donors (Lipinski definition) is 0. The Bertz CT molecular complexity index is 417. The van der Waals surface area contributed by atoms with Gasteiger partial charge in [-0.2, -0.15) is 0 Å². The van der Waals surface area contributed by atoms with E-state index in [1.165, 1.54) is 19.3 Å². The molecule has 0 spiro atoms. The van der Waals surface area contributed by atoms with E-state index >= 15 is 0 Å². The summed E-state index contributed by atoms with van der Waals surface area (Å²) < 4.78 is 0. The van der Waals surface area contributed by atoms with Crippen LogP contribution in [0.5, 0.6) is 0 Å². The summed E-state index contributed by atoms with van der Waals surface area (Å²) in [7, 11) is 0. The zero-order valence-corrected chi connectivity index (χ0v) is 11.5. The summed E-state index contributed by atoms with van der Waals surface area (Å²) in [4.78, 5) is 0. The number of fused-ring (bicyclic) bond motifs is 1. The van der Waals surface area contributed by atoms with E-state index in [1.807, 2.05) is 0 Å². The minimum Gasteiger partial charge on any atom is -0.0882 e. The van der Waals surface area contributed by atoms with Gasteiger partial charge in [-0.1, -0.05) is 56.3 Å². The lowest BCUT2D eigenvalue weighted by atomic mass is 9.77. The molecule has 0 radical (unpaired) electrons. The second-order valence-corrected chi connectivity index (χ2v) is 6.34. The fourth-order valence-corrected chi connectivity index (χ4v) is 4.18. The van der Waals surface area contributed by atoms with Crippen LogP contribution in [-0.2, 0) is 0 Å². The molecule has 1 saturated carbocycles. The van der Waals surface area contributed by atoms with Crippen LogP contribution in [0.2, 0.25) is 0 Å². The van der Waals surface area contributed by atoms with Crippen molar-refractivity contribution < 1.29 is 0 Å². The van der Waals surface area contributed by atoms with E-state index in [1.54, 1.807) is 5.56 Å². The molecule has 4 unspecified atom stereocenters. The van der Waals surface area contributed by atoms with E-state index in [9.17, 15) is 0 Å². The van der Waals surface area contributed by atoms with Crippen molar-refractivity contribution in [3.05, 3.63) is 48.0 Å². The van der Waals surface area contributed by atoms with Crippen LogP contribution in [0.1, 0.15) is 44.6 Å². The molecule has 96 valence electrons. The largest absolute Gasteiger partial charge is 0.0882 e. The molecular formula is C18H24. The van der Waals surface area contributed by atoms with Gasteiger partial charge in [-0.05, 0) is 54.4 Å². The van der Waals surface area contributed by atoms with Gasteiger partial charge in [0.25, 0.3) is 0 Å². The average molecular weight is 240 g/mol. The maximum atomic E-state index is 2.53. The maximum Gasteiger partial charge on any atom is -0.0125 e. The fraction of sp³-hybridized carbons (Fsp3) is 0.556. The number of hydrogen-bond acceptors (Lipinski definition) is 0. The molecule has 1 aromatic rings. The molecule has 0 bridgehead atoms. The highest BCUT2D eigenvalue weighted by atomic mass is 14.5. The summed E-state index contributed by atoms with van der Waals surface area (Å²) >= 11 is 0. The van der Waals surface area contributed by atoms with Gasteiger partial charge >= 0.3 is 0 Å². The van der Waals surface area contributed by atoms with Gasteiger partial charge in [-0.15, -0.1) is 0 Å². The predicted molar refractivity (Wildman–Crippen MR) is 77.5 cm³/mol. The van der Waals surface area contributed by atoms with Crippen LogP contribution in [0, 0.1) is 23.7 Å². The van der Waals surface area contributed by atoms with E-state index in [0.717, 1.165) is 29.6 Å². The van der Waals surface area contributed by atoms with Crippen molar-refractivity contribution in [2.45, 2.75) is 39.0 Å². The first kappa shape index (κ1) is 12.0.